The lowest BCUT2D eigenvalue weighted by atomic mass is 9.95. The van der Waals surface area contributed by atoms with E-state index in [4.69, 9.17) is 0 Å². The molecule has 1 aliphatic rings. The summed E-state index contributed by atoms with van der Waals surface area (Å²) in [7, 11) is 0. The molecule has 0 bridgehead atoms. The fourth-order valence-corrected chi connectivity index (χ4v) is 4.52. The van der Waals surface area contributed by atoms with E-state index in [1.54, 1.807) is 11.3 Å². The first-order chi connectivity index (χ1) is 12.0. The number of aryl methyl sites for hydroxylation is 2. The van der Waals surface area contributed by atoms with Gasteiger partial charge in [0.25, 0.3) is 0 Å². The van der Waals surface area contributed by atoms with E-state index in [0.717, 1.165) is 46.3 Å². The van der Waals surface area contributed by atoms with E-state index in [0.29, 0.717) is 5.65 Å². The first-order valence-corrected chi connectivity index (χ1v) is 9.49. The molecule has 0 radical (unpaired) electrons. The van der Waals surface area contributed by atoms with Gasteiger partial charge in [0, 0.05) is 10.9 Å². The number of aromatic nitrogens is 4. The summed E-state index contributed by atoms with van der Waals surface area (Å²) in [5.41, 5.74) is 1.33. The number of hydrogen-bond acceptors (Lipinski definition) is 5. The van der Waals surface area contributed by atoms with Crippen LogP contribution in [0.25, 0.3) is 15.9 Å². The van der Waals surface area contributed by atoms with Crippen LogP contribution in [0.1, 0.15) is 42.5 Å². The molecule has 1 saturated carbocycles. The van der Waals surface area contributed by atoms with Crippen molar-refractivity contribution in [2.24, 2.45) is 0 Å². The Morgan fingerprint density at radius 3 is 2.84 bits per heavy atom. The fraction of sp³-hybridized carbons (Fsp3) is 0.529. The minimum Gasteiger partial charge on any atom is -0.352 e. The van der Waals surface area contributed by atoms with Gasteiger partial charge in [0.15, 0.2) is 5.65 Å². The van der Waals surface area contributed by atoms with Gasteiger partial charge in [-0.1, -0.05) is 19.3 Å². The minimum atomic E-state index is -0.327. The molecule has 0 aliphatic heterocycles. The van der Waals surface area contributed by atoms with Crippen molar-refractivity contribution >= 4 is 33.1 Å². The molecule has 1 aliphatic carbocycles. The number of hydrogen-bond donors (Lipinski definition) is 1. The van der Waals surface area contributed by atoms with Crippen LogP contribution >= 0.6 is 11.3 Å². The van der Waals surface area contributed by atoms with Crippen LogP contribution in [-0.4, -0.2) is 31.1 Å². The third kappa shape index (κ3) is 2.84. The van der Waals surface area contributed by atoms with E-state index >= 15 is 0 Å². The topological polar surface area (TPSA) is 81.3 Å². The van der Waals surface area contributed by atoms with Gasteiger partial charge in [-0.3, -0.25) is 4.79 Å². The van der Waals surface area contributed by atoms with Crippen LogP contribution in [0.5, 0.6) is 0 Å². The lowest BCUT2D eigenvalue weighted by molar-refractivity contribution is -0.122. The average molecular weight is 359 g/mol. The molecule has 1 fully saturated rings. The molecule has 0 saturated heterocycles. The largest absolute Gasteiger partial charge is 0.352 e. The van der Waals surface area contributed by atoms with Gasteiger partial charge in [-0.2, -0.15) is 0 Å². The van der Waals surface area contributed by atoms with Crippen LogP contribution in [0, 0.1) is 13.8 Å². The van der Waals surface area contributed by atoms with Gasteiger partial charge in [0.05, 0.1) is 5.39 Å². The summed E-state index contributed by atoms with van der Waals surface area (Å²) in [4.78, 5) is 31.3. The summed E-state index contributed by atoms with van der Waals surface area (Å²) in [6, 6.07) is 0.226. The van der Waals surface area contributed by atoms with E-state index < -0.39 is 0 Å². The highest BCUT2D eigenvalue weighted by atomic mass is 32.1. The van der Waals surface area contributed by atoms with Gasteiger partial charge in [-0.25, -0.2) is 18.9 Å². The standard InChI is InChI=1S/C17H21N5O2S/c1-10-11(2)25-16-14(10)15-20-22(17(24)21(15)9-18-16)8-13(23)19-12-6-4-3-5-7-12/h9,12H,3-8H2,1-2H3,(H,19,23). The zero-order valence-corrected chi connectivity index (χ0v) is 15.2. The highest BCUT2D eigenvalue weighted by Crippen LogP contribution is 2.30. The Morgan fingerprint density at radius 2 is 2.08 bits per heavy atom. The van der Waals surface area contributed by atoms with Crippen molar-refractivity contribution in [3.63, 3.8) is 0 Å². The first kappa shape index (κ1) is 16.3. The van der Waals surface area contributed by atoms with Crippen molar-refractivity contribution in [1.82, 2.24) is 24.5 Å². The van der Waals surface area contributed by atoms with Crippen molar-refractivity contribution in [1.29, 1.82) is 0 Å². The average Bonchev–Trinajstić information content (AvgIpc) is 3.06. The predicted molar refractivity (Wildman–Crippen MR) is 97.1 cm³/mol. The summed E-state index contributed by atoms with van der Waals surface area (Å²) in [5.74, 6) is -0.153. The number of carbonyl (C=O) groups excluding carboxylic acids is 1. The zero-order chi connectivity index (χ0) is 17.6. The number of nitrogens with one attached hydrogen (secondary N) is 1. The molecule has 3 heterocycles. The maximum Gasteiger partial charge on any atom is 0.352 e. The fourth-order valence-electron chi connectivity index (χ4n) is 3.53. The summed E-state index contributed by atoms with van der Waals surface area (Å²) >= 11 is 1.59. The van der Waals surface area contributed by atoms with E-state index in [9.17, 15) is 9.59 Å². The molecule has 1 N–H and O–H groups in total. The van der Waals surface area contributed by atoms with Crippen LogP contribution in [0.15, 0.2) is 11.1 Å². The monoisotopic (exact) mass is 359 g/mol. The van der Waals surface area contributed by atoms with E-state index in [2.05, 4.69) is 15.4 Å². The van der Waals surface area contributed by atoms with Crippen molar-refractivity contribution < 1.29 is 4.79 Å². The van der Waals surface area contributed by atoms with Crippen molar-refractivity contribution in [3.05, 3.63) is 27.3 Å². The highest BCUT2D eigenvalue weighted by molar-refractivity contribution is 7.18. The van der Waals surface area contributed by atoms with Crippen LogP contribution in [0.4, 0.5) is 0 Å². The molecule has 3 aromatic heterocycles. The Kier molecular flexibility index (Phi) is 4.07. The van der Waals surface area contributed by atoms with Gasteiger partial charge in [0.1, 0.15) is 17.7 Å². The van der Waals surface area contributed by atoms with Crippen molar-refractivity contribution in [3.8, 4) is 0 Å². The van der Waals surface area contributed by atoms with Crippen molar-refractivity contribution in [2.45, 2.75) is 58.5 Å². The number of amides is 1. The van der Waals surface area contributed by atoms with Gasteiger partial charge in [-0.05, 0) is 32.3 Å². The molecule has 25 heavy (non-hydrogen) atoms. The van der Waals surface area contributed by atoms with E-state index in [1.165, 1.54) is 21.8 Å². The summed E-state index contributed by atoms with van der Waals surface area (Å²) < 4.78 is 2.66. The highest BCUT2D eigenvalue weighted by Gasteiger charge is 2.19. The van der Waals surface area contributed by atoms with E-state index in [1.807, 2.05) is 13.8 Å². The minimum absolute atomic E-state index is 0.0549. The molecule has 0 spiro atoms. The van der Waals surface area contributed by atoms with Gasteiger partial charge in [0.2, 0.25) is 5.91 Å². The number of fused-ring (bicyclic) bond motifs is 3. The SMILES string of the molecule is Cc1sc2ncn3c(=O)n(CC(=O)NC4CCCCC4)nc3c2c1C. The van der Waals surface area contributed by atoms with Crippen LogP contribution in [0.3, 0.4) is 0 Å². The maximum atomic E-state index is 12.6. The lowest BCUT2D eigenvalue weighted by Gasteiger charge is -2.22. The Balaban J connectivity index is 1.66. The normalized spacial score (nSPS) is 15.9. The summed E-state index contributed by atoms with van der Waals surface area (Å²) in [6.45, 7) is 3.99. The second-order valence-corrected chi connectivity index (χ2v) is 7.95. The molecule has 1 amide bonds. The van der Waals surface area contributed by atoms with Gasteiger partial charge >= 0.3 is 5.69 Å². The molecule has 3 aromatic rings. The third-order valence-corrected chi connectivity index (χ3v) is 6.13. The van der Waals surface area contributed by atoms with Gasteiger partial charge < -0.3 is 5.32 Å². The molecule has 7 nitrogen and oxygen atoms in total. The molecule has 4 rings (SSSR count). The lowest BCUT2D eigenvalue weighted by Crippen LogP contribution is -2.40. The smallest absolute Gasteiger partial charge is 0.352 e. The molecule has 0 atom stereocenters. The van der Waals surface area contributed by atoms with Crippen LogP contribution < -0.4 is 11.0 Å². The number of nitrogens with zero attached hydrogens (tertiary/aromatic N) is 4. The van der Waals surface area contributed by atoms with Crippen LogP contribution in [-0.2, 0) is 11.3 Å². The summed E-state index contributed by atoms with van der Waals surface area (Å²) in [6.07, 6.45) is 7.07. The number of carbonyl (C=O) groups is 1. The van der Waals surface area contributed by atoms with Gasteiger partial charge in [-0.15, -0.1) is 16.4 Å². The molecule has 132 valence electrons. The predicted octanol–water partition coefficient (Wildman–Crippen LogP) is 2.17. The third-order valence-electron chi connectivity index (χ3n) is 5.01. The molecule has 8 heteroatoms. The summed E-state index contributed by atoms with van der Waals surface area (Å²) in [5, 5.41) is 8.35. The quantitative estimate of drug-likeness (QED) is 0.777. The zero-order valence-electron chi connectivity index (χ0n) is 14.4. The molecule has 0 unspecified atom stereocenters. The van der Waals surface area contributed by atoms with Crippen LogP contribution in [0.2, 0.25) is 0 Å². The number of rotatable bonds is 3. The molecule has 0 aromatic carbocycles. The second-order valence-electron chi connectivity index (χ2n) is 6.74. The molecular formula is C17H21N5O2S. The first-order valence-electron chi connectivity index (χ1n) is 8.68. The van der Waals surface area contributed by atoms with E-state index in [-0.39, 0.29) is 24.2 Å². The Bertz CT molecular complexity index is 1010. The Morgan fingerprint density at radius 1 is 1.32 bits per heavy atom. The Labute approximate surface area is 148 Å². The molecular weight excluding hydrogens is 338 g/mol. The van der Waals surface area contributed by atoms with Crippen molar-refractivity contribution in [2.75, 3.05) is 0 Å². The second kappa shape index (κ2) is 6.25. The Hall–Kier alpha value is -2.22. The maximum absolute atomic E-state index is 12.6. The number of thiophene rings is 1.